The first kappa shape index (κ1) is 26.1. The van der Waals surface area contributed by atoms with Crippen LogP contribution in [-0.2, 0) is 9.59 Å². The number of rotatable bonds is 8. The van der Waals surface area contributed by atoms with Crippen LogP contribution in [0.1, 0.15) is 25.0 Å². The maximum Gasteiger partial charge on any atom is 0.308 e. The molecule has 0 unspecified atom stereocenters. The Morgan fingerprint density at radius 3 is 2.30 bits per heavy atom. The lowest BCUT2D eigenvalue weighted by atomic mass is 10.1. The van der Waals surface area contributed by atoms with Crippen molar-refractivity contribution in [1.82, 2.24) is 20.2 Å². The molecule has 4 aromatic rings. The van der Waals surface area contributed by atoms with E-state index in [1.54, 1.807) is 43.3 Å². The third-order valence-electron chi connectivity index (χ3n) is 5.24. The number of hydrazone groups is 1. The Bertz CT molecular complexity index is 1430. The number of benzene rings is 3. The number of hydrogen-bond acceptors (Lipinski definition) is 7. The minimum Gasteiger partial charge on any atom is -0.427 e. The van der Waals surface area contributed by atoms with E-state index in [0.29, 0.717) is 27.5 Å². The van der Waals surface area contributed by atoms with Crippen molar-refractivity contribution in [3.05, 3.63) is 88.9 Å². The zero-order chi connectivity index (χ0) is 26.4. The summed E-state index contributed by atoms with van der Waals surface area (Å²) < 4.78 is 6.93. The SMILES string of the molecule is CC(=O)Oc1ccc(/C(C)=N/NC(=O)CSc2nnc(-c3ccc(C)cc3)n2-c2ccc(Cl)cc2)cc1. The Morgan fingerprint density at radius 1 is 0.973 bits per heavy atom. The van der Waals surface area contributed by atoms with Gasteiger partial charge >= 0.3 is 5.97 Å². The molecule has 0 radical (unpaired) electrons. The molecular weight excluding hydrogens is 510 g/mol. The molecule has 0 aliphatic carbocycles. The van der Waals surface area contributed by atoms with Gasteiger partial charge in [-0.2, -0.15) is 5.10 Å². The zero-order valence-electron chi connectivity index (χ0n) is 20.4. The van der Waals surface area contributed by atoms with Crippen LogP contribution in [-0.4, -0.2) is 38.1 Å². The van der Waals surface area contributed by atoms with Crippen LogP contribution in [0.4, 0.5) is 0 Å². The number of aromatic nitrogens is 3. The second-order valence-electron chi connectivity index (χ2n) is 8.12. The quantitative estimate of drug-likeness (QED) is 0.106. The van der Waals surface area contributed by atoms with E-state index in [-0.39, 0.29) is 17.6 Å². The lowest BCUT2D eigenvalue weighted by Gasteiger charge is -2.10. The summed E-state index contributed by atoms with van der Waals surface area (Å²) in [7, 11) is 0. The number of hydrogen-bond donors (Lipinski definition) is 1. The summed E-state index contributed by atoms with van der Waals surface area (Å²) in [5.41, 5.74) is 6.85. The molecule has 3 aromatic carbocycles. The van der Waals surface area contributed by atoms with Crippen molar-refractivity contribution in [2.45, 2.75) is 25.9 Å². The normalized spacial score (nSPS) is 11.3. The molecule has 1 N–H and O–H groups in total. The third-order valence-corrected chi connectivity index (χ3v) is 6.42. The van der Waals surface area contributed by atoms with E-state index < -0.39 is 0 Å². The highest BCUT2D eigenvalue weighted by molar-refractivity contribution is 7.99. The van der Waals surface area contributed by atoms with Gasteiger partial charge in [0.2, 0.25) is 0 Å². The van der Waals surface area contributed by atoms with Gasteiger partial charge in [0.1, 0.15) is 5.75 Å². The van der Waals surface area contributed by atoms with Gasteiger partial charge in [0.15, 0.2) is 11.0 Å². The van der Waals surface area contributed by atoms with Gasteiger partial charge in [-0.1, -0.05) is 53.2 Å². The van der Waals surface area contributed by atoms with Crippen LogP contribution in [0.3, 0.4) is 0 Å². The zero-order valence-corrected chi connectivity index (χ0v) is 22.0. The molecule has 1 amide bonds. The standard InChI is InChI=1S/C27H24ClN5O3S/c1-17-4-6-21(7-5-17)26-31-32-27(33(26)23-12-10-22(28)11-13-23)37-16-25(35)30-29-18(2)20-8-14-24(15-9-20)36-19(3)34/h4-15H,16H2,1-3H3,(H,30,35)/b29-18+. The number of esters is 1. The van der Waals surface area contributed by atoms with Crippen molar-refractivity contribution in [2.75, 3.05) is 5.75 Å². The highest BCUT2D eigenvalue weighted by Crippen LogP contribution is 2.28. The van der Waals surface area contributed by atoms with Crippen molar-refractivity contribution in [3.8, 4) is 22.8 Å². The number of amides is 1. The molecule has 1 aromatic heterocycles. The molecule has 0 spiro atoms. The predicted octanol–water partition coefficient (Wildman–Crippen LogP) is 5.45. The van der Waals surface area contributed by atoms with Crippen LogP contribution in [0.2, 0.25) is 5.02 Å². The topological polar surface area (TPSA) is 98.5 Å². The van der Waals surface area contributed by atoms with Gasteiger partial charge in [0, 0.05) is 23.2 Å². The number of ether oxygens (including phenoxy) is 1. The number of nitrogens with one attached hydrogen (secondary N) is 1. The molecule has 0 fully saturated rings. The molecule has 0 aliphatic heterocycles. The molecule has 10 heteroatoms. The van der Waals surface area contributed by atoms with E-state index in [9.17, 15) is 9.59 Å². The number of halogens is 1. The van der Waals surface area contributed by atoms with Gasteiger partial charge < -0.3 is 4.74 Å². The van der Waals surface area contributed by atoms with Crippen LogP contribution in [0.25, 0.3) is 17.1 Å². The average molecular weight is 534 g/mol. The summed E-state index contributed by atoms with van der Waals surface area (Å²) in [6, 6.07) is 22.2. The first-order chi connectivity index (χ1) is 17.8. The van der Waals surface area contributed by atoms with Crippen molar-refractivity contribution < 1.29 is 14.3 Å². The summed E-state index contributed by atoms with van der Waals surface area (Å²) in [6.07, 6.45) is 0. The van der Waals surface area contributed by atoms with Crippen molar-refractivity contribution in [3.63, 3.8) is 0 Å². The Kier molecular flexibility index (Phi) is 8.37. The molecule has 0 aliphatic rings. The number of aryl methyl sites for hydroxylation is 1. The fraction of sp³-hybridized carbons (Fsp3) is 0.148. The first-order valence-corrected chi connectivity index (χ1v) is 12.7. The second-order valence-corrected chi connectivity index (χ2v) is 9.50. The van der Waals surface area contributed by atoms with E-state index in [1.807, 2.05) is 47.9 Å². The molecule has 0 saturated carbocycles. The smallest absolute Gasteiger partial charge is 0.308 e. The van der Waals surface area contributed by atoms with E-state index in [4.69, 9.17) is 16.3 Å². The van der Waals surface area contributed by atoms with Gasteiger partial charge in [-0.25, -0.2) is 5.43 Å². The van der Waals surface area contributed by atoms with Crippen molar-refractivity contribution in [2.24, 2.45) is 5.10 Å². The largest absolute Gasteiger partial charge is 0.427 e. The highest BCUT2D eigenvalue weighted by atomic mass is 35.5. The molecular formula is C27H24ClN5O3S. The minimum absolute atomic E-state index is 0.0851. The van der Waals surface area contributed by atoms with E-state index in [1.165, 1.54) is 18.7 Å². The predicted molar refractivity (Wildman–Crippen MR) is 145 cm³/mol. The Morgan fingerprint density at radius 2 is 1.65 bits per heavy atom. The van der Waals surface area contributed by atoms with Gasteiger partial charge in [-0.15, -0.1) is 10.2 Å². The van der Waals surface area contributed by atoms with Crippen LogP contribution < -0.4 is 10.2 Å². The van der Waals surface area contributed by atoms with Crippen LogP contribution in [0.5, 0.6) is 5.75 Å². The monoisotopic (exact) mass is 533 g/mol. The number of nitrogens with zero attached hydrogens (tertiary/aromatic N) is 4. The molecule has 4 rings (SSSR count). The molecule has 0 bridgehead atoms. The first-order valence-electron chi connectivity index (χ1n) is 11.3. The molecule has 1 heterocycles. The number of carbonyl (C=O) groups is 2. The average Bonchev–Trinajstić information content (AvgIpc) is 3.31. The number of carbonyl (C=O) groups excluding carboxylic acids is 2. The van der Waals surface area contributed by atoms with Crippen LogP contribution >= 0.6 is 23.4 Å². The lowest BCUT2D eigenvalue weighted by Crippen LogP contribution is -2.21. The fourth-order valence-electron chi connectivity index (χ4n) is 3.38. The molecule has 0 atom stereocenters. The molecule has 0 saturated heterocycles. The maximum atomic E-state index is 12.6. The lowest BCUT2D eigenvalue weighted by molar-refractivity contribution is -0.131. The van der Waals surface area contributed by atoms with Gasteiger partial charge in [0.05, 0.1) is 11.5 Å². The summed E-state index contributed by atoms with van der Waals surface area (Å²) >= 11 is 7.35. The van der Waals surface area contributed by atoms with Crippen LogP contribution in [0.15, 0.2) is 83.1 Å². The van der Waals surface area contributed by atoms with Gasteiger partial charge in [0.25, 0.3) is 5.91 Å². The third kappa shape index (κ3) is 6.84. The van der Waals surface area contributed by atoms with Gasteiger partial charge in [-0.05, 0) is 67.9 Å². The summed E-state index contributed by atoms with van der Waals surface area (Å²) in [5, 5.41) is 14.1. The van der Waals surface area contributed by atoms with Crippen molar-refractivity contribution in [1.29, 1.82) is 0 Å². The molecule has 8 nitrogen and oxygen atoms in total. The van der Waals surface area contributed by atoms with E-state index in [0.717, 1.165) is 22.4 Å². The van der Waals surface area contributed by atoms with Crippen molar-refractivity contribution >= 4 is 41.0 Å². The molecule has 37 heavy (non-hydrogen) atoms. The Hall–Kier alpha value is -3.95. The van der Waals surface area contributed by atoms with E-state index in [2.05, 4.69) is 20.7 Å². The Labute approximate surface area is 223 Å². The molecule has 188 valence electrons. The van der Waals surface area contributed by atoms with Gasteiger partial charge in [-0.3, -0.25) is 14.2 Å². The Balaban J connectivity index is 1.47. The summed E-state index contributed by atoms with van der Waals surface area (Å²) in [5.74, 6) is 0.515. The fourth-order valence-corrected chi connectivity index (χ4v) is 4.25. The maximum absolute atomic E-state index is 12.6. The second kappa shape index (κ2) is 11.9. The highest BCUT2D eigenvalue weighted by Gasteiger charge is 2.17. The number of thioether (sulfide) groups is 1. The van der Waals surface area contributed by atoms with E-state index >= 15 is 0 Å². The van der Waals surface area contributed by atoms with Crippen LogP contribution in [0, 0.1) is 6.92 Å². The minimum atomic E-state index is -0.388. The summed E-state index contributed by atoms with van der Waals surface area (Å²) in [4.78, 5) is 23.6. The summed E-state index contributed by atoms with van der Waals surface area (Å²) in [6.45, 7) is 5.14.